The lowest BCUT2D eigenvalue weighted by Gasteiger charge is -2.18. The summed E-state index contributed by atoms with van der Waals surface area (Å²) in [6.45, 7) is 6.55. The van der Waals surface area contributed by atoms with E-state index in [4.69, 9.17) is 14.2 Å². The first kappa shape index (κ1) is 73.6. The van der Waals surface area contributed by atoms with E-state index >= 15 is 0 Å². The molecule has 6 heteroatoms. The Morgan fingerprint density at radius 3 is 0.805 bits per heavy atom. The van der Waals surface area contributed by atoms with Crippen molar-refractivity contribution in [3.63, 3.8) is 0 Å². The van der Waals surface area contributed by atoms with Gasteiger partial charge in [0.05, 0.1) is 0 Å². The maximum atomic E-state index is 12.9. The average molecular weight is 1070 g/mol. The fourth-order valence-corrected chi connectivity index (χ4v) is 9.34. The summed E-state index contributed by atoms with van der Waals surface area (Å²) in [5.41, 5.74) is 0. The van der Waals surface area contributed by atoms with Gasteiger partial charge in [-0.3, -0.25) is 14.4 Å². The maximum absolute atomic E-state index is 12.9. The van der Waals surface area contributed by atoms with E-state index in [2.05, 4.69) is 106 Å². The summed E-state index contributed by atoms with van der Waals surface area (Å²) in [4.78, 5) is 38.3. The van der Waals surface area contributed by atoms with Crippen LogP contribution < -0.4 is 0 Å². The molecular formula is C71H124O6. The fourth-order valence-electron chi connectivity index (χ4n) is 9.34. The van der Waals surface area contributed by atoms with Crippen LogP contribution in [0.2, 0.25) is 0 Å². The summed E-state index contributed by atoms with van der Waals surface area (Å²) in [6.07, 6.45) is 86.0. The molecule has 0 aromatic rings. The SMILES string of the molecule is CCC/C=C\C/C=C\CCCCCCCC(=O)OCC(COC(=O)CCCCCCCCCCCCCCCC/C=C\C/C=C\C/C=C\CCCCCCC)OC(=O)CCCCCCCCC/C=C\C/C=C\CCCCC. The molecule has 0 aromatic heterocycles. The summed E-state index contributed by atoms with van der Waals surface area (Å²) in [5.74, 6) is -0.895. The van der Waals surface area contributed by atoms with Gasteiger partial charge in [-0.2, -0.15) is 0 Å². The van der Waals surface area contributed by atoms with E-state index in [1.807, 2.05) is 0 Å². The zero-order valence-electron chi connectivity index (χ0n) is 51.0. The molecule has 0 radical (unpaired) electrons. The van der Waals surface area contributed by atoms with Gasteiger partial charge >= 0.3 is 17.9 Å². The predicted molar refractivity (Wildman–Crippen MR) is 334 cm³/mol. The highest BCUT2D eigenvalue weighted by Crippen LogP contribution is 2.16. The number of rotatable bonds is 60. The summed E-state index contributed by atoms with van der Waals surface area (Å²) < 4.78 is 16.9. The van der Waals surface area contributed by atoms with Crippen molar-refractivity contribution in [3.8, 4) is 0 Å². The average Bonchev–Trinajstić information content (AvgIpc) is 3.43. The largest absolute Gasteiger partial charge is 0.462 e. The summed E-state index contributed by atoms with van der Waals surface area (Å²) in [7, 11) is 0. The smallest absolute Gasteiger partial charge is 0.306 e. The molecule has 6 nitrogen and oxygen atoms in total. The molecule has 0 N–H and O–H groups in total. The van der Waals surface area contributed by atoms with Crippen LogP contribution >= 0.6 is 0 Å². The van der Waals surface area contributed by atoms with Crippen molar-refractivity contribution in [1.82, 2.24) is 0 Å². The second-order valence-electron chi connectivity index (χ2n) is 22.0. The summed E-state index contributed by atoms with van der Waals surface area (Å²) in [5, 5.41) is 0. The van der Waals surface area contributed by atoms with Crippen molar-refractivity contribution in [1.29, 1.82) is 0 Å². The summed E-state index contributed by atoms with van der Waals surface area (Å²) in [6, 6.07) is 0. The molecule has 444 valence electrons. The van der Waals surface area contributed by atoms with E-state index in [0.717, 1.165) is 116 Å². The lowest BCUT2D eigenvalue weighted by Crippen LogP contribution is -2.30. The number of hydrogen-bond donors (Lipinski definition) is 0. The molecular weight excluding hydrogens is 949 g/mol. The lowest BCUT2D eigenvalue weighted by atomic mass is 10.0. The van der Waals surface area contributed by atoms with Crippen molar-refractivity contribution in [2.45, 2.75) is 335 Å². The molecule has 0 spiro atoms. The number of carbonyl (C=O) groups excluding carboxylic acids is 3. The third-order valence-electron chi connectivity index (χ3n) is 14.3. The fraction of sp³-hybridized carbons (Fsp3) is 0.761. The first-order chi connectivity index (χ1) is 38.0. The van der Waals surface area contributed by atoms with Gasteiger partial charge in [0, 0.05) is 19.3 Å². The summed E-state index contributed by atoms with van der Waals surface area (Å²) >= 11 is 0. The highest BCUT2D eigenvalue weighted by molar-refractivity contribution is 5.71. The molecule has 0 bridgehead atoms. The highest BCUT2D eigenvalue weighted by Gasteiger charge is 2.19. The van der Waals surface area contributed by atoms with E-state index in [1.54, 1.807) is 0 Å². The second-order valence-corrected chi connectivity index (χ2v) is 22.0. The van der Waals surface area contributed by atoms with Crippen LogP contribution in [0.1, 0.15) is 329 Å². The number of ether oxygens (including phenoxy) is 3. The van der Waals surface area contributed by atoms with E-state index in [-0.39, 0.29) is 31.1 Å². The van der Waals surface area contributed by atoms with E-state index in [1.165, 1.54) is 173 Å². The van der Waals surface area contributed by atoms with Crippen LogP contribution in [0.5, 0.6) is 0 Å². The Balaban J connectivity index is 4.25. The quantitative estimate of drug-likeness (QED) is 0.0261. The molecule has 0 heterocycles. The van der Waals surface area contributed by atoms with Gasteiger partial charge in [0.15, 0.2) is 6.10 Å². The zero-order valence-corrected chi connectivity index (χ0v) is 51.0. The van der Waals surface area contributed by atoms with Gasteiger partial charge < -0.3 is 14.2 Å². The molecule has 77 heavy (non-hydrogen) atoms. The van der Waals surface area contributed by atoms with Gasteiger partial charge in [-0.05, 0) is 116 Å². The van der Waals surface area contributed by atoms with Gasteiger partial charge in [0.25, 0.3) is 0 Å². The van der Waals surface area contributed by atoms with Crippen LogP contribution in [0.3, 0.4) is 0 Å². The molecule has 0 aliphatic heterocycles. The second kappa shape index (κ2) is 65.1. The van der Waals surface area contributed by atoms with Crippen LogP contribution in [-0.2, 0) is 28.6 Å². The van der Waals surface area contributed by atoms with Gasteiger partial charge in [-0.25, -0.2) is 0 Å². The van der Waals surface area contributed by atoms with Crippen molar-refractivity contribution in [2.24, 2.45) is 0 Å². The van der Waals surface area contributed by atoms with Crippen LogP contribution in [-0.4, -0.2) is 37.2 Å². The first-order valence-electron chi connectivity index (χ1n) is 33.1. The Morgan fingerprint density at radius 2 is 0.494 bits per heavy atom. The molecule has 0 rings (SSSR count). The minimum absolute atomic E-state index is 0.0832. The minimum Gasteiger partial charge on any atom is -0.462 e. The van der Waals surface area contributed by atoms with Crippen LogP contribution in [0.15, 0.2) is 85.1 Å². The molecule has 0 fully saturated rings. The highest BCUT2D eigenvalue weighted by atomic mass is 16.6. The molecule has 1 atom stereocenters. The van der Waals surface area contributed by atoms with Crippen LogP contribution in [0, 0.1) is 0 Å². The van der Waals surface area contributed by atoms with Crippen molar-refractivity contribution in [3.05, 3.63) is 85.1 Å². The molecule has 0 aliphatic carbocycles. The number of hydrogen-bond acceptors (Lipinski definition) is 6. The number of esters is 3. The predicted octanol–water partition coefficient (Wildman–Crippen LogP) is 22.7. The maximum Gasteiger partial charge on any atom is 0.306 e. The Hall–Kier alpha value is -3.41. The normalized spacial score (nSPS) is 12.6. The zero-order chi connectivity index (χ0) is 55.7. The van der Waals surface area contributed by atoms with Crippen molar-refractivity contribution in [2.75, 3.05) is 13.2 Å². The van der Waals surface area contributed by atoms with Crippen molar-refractivity contribution < 1.29 is 28.6 Å². The molecule has 0 saturated carbocycles. The van der Waals surface area contributed by atoms with Crippen molar-refractivity contribution >= 4 is 17.9 Å². The van der Waals surface area contributed by atoms with Gasteiger partial charge in [0.1, 0.15) is 13.2 Å². The number of unbranched alkanes of at least 4 members (excludes halogenated alkanes) is 35. The molecule has 0 saturated heterocycles. The Kier molecular flexibility index (Phi) is 62.2. The standard InChI is InChI=1S/C71H124O6/c1-4-7-10-13-16-19-22-25-27-29-30-31-32-33-34-35-36-37-38-39-40-42-43-46-49-52-55-58-61-64-70(73)76-67-68(66-75-69(72)63-60-57-54-51-48-45-24-21-18-15-12-9-6-3)77-71(74)65-62-59-56-53-50-47-44-41-28-26-23-20-17-14-11-8-5-2/h12,15,17,20-22,24-26,28-30,32-33,68H,4-11,13-14,16,18-19,23,27,31,34-67H2,1-3H3/b15-12-,20-17-,24-21-,25-22-,28-26-,30-29-,33-32-. The third-order valence-corrected chi connectivity index (χ3v) is 14.3. The van der Waals surface area contributed by atoms with Gasteiger partial charge in [-0.15, -0.1) is 0 Å². The van der Waals surface area contributed by atoms with Gasteiger partial charge in [0.2, 0.25) is 0 Å². The Morgan fingerprint density at radius 1 is 0.260 bits per heavy atom. The van der Waals surface area contributed by atoms with Crippen LogP contribution in [0.4, 0.5) is 0 Å². The Bertz CT molecular complexity index is 1470. The number of allylic oxidation sites excluding steroid dienone is 14. The molecule has 0 amide bonds. The molecule has 1 unspecified atom stereocenters. The first-order valence-corrected chi connectivity index (χ1v) is 33.1. The third kappa shape index (κ3) is 63.3. The van der Waals surface area contributed by atoms with Crippen LogP contribution in [0.25, 0.3) is 0 Å². The molecule has 0 aromatic carbocycles. The lowest BCUT2D eigenvalue weighted by molar-refractivity contribution is -0.167. The number of carbonyl (C=O) groups is 3. The van der Waals surface area contributed by atoms with E-state index < -0.39 is 6.10 Å². The van der Waals surface area contributed by atoms with Gasteiger partial charge in [-0.1, -0.05) is 279 Å². The minimum atomic E-state index is -0.788. The topological polar surface area (TPSA) is 78.9 Å². The Labute approximate surface area is 477 Å². The van der Waals surface area contributed by atoms with E-state index in [9.17, 15) is 14.4 Å². The monoisotopic (exact) mass is 1070 g/mol. The van der Waals surface area contributed by atoms with E-state index in [0.29, 0.717) is 19.3 Å². The molecule has 0 aliphatic rings.